The summed E-state index contributed by atoms with van der Waals surface area (Å²) in [5, 5.41) is 11.4. The zero-order chi connectivity index (χ0) is 27.6. The molecule has 40 heavy (non-hydrogen) atoms. The van der Waals surface area contributed by atoms with E-state index in [1.54, 1.807) is 16.8 Å². The van der Waals surface area contributed by atoms with E-state index >= 15 is 0 Å². The van der Waals surface area contributed by atoms with Crippen molar-refractivity contribution in [2.75, 3.05) is 12.9 Å². The van der Waals surface area contributed by atoms with Crippen molar-refractivity contribution in [3.63, 3.8) is 0 Å². The molecule has 5 aromatic rings. The first-order chi connectivity index (χ1) is 19.5. The summed E-state index contributed by atoms with van der Waals surface area (Å²) in [5.74, 6) is 0.627. The Labute approximate surface area is 234 Å². The van der Waals surface area contributed by atoms with Crippen molar-refractivity contribution in [3.05, 3.63) is 112 Å². The predicted octanol–water partition coefficient (Wildman–Crippen LogP) is 4.90. The topological polar surface area (TPSA) is 105 Å². The van der Waals surface area contributed by atoms with E-state index < -0.39 is 0 Å². The molecule has 6 rings (SSSR count). The molecule has 1 aliphatic rings. The zero-order valence-electron chi connectivity index (χ0n) is 21.9. The number of ether oxygens (including phenoxy) is 1. The van der Waals surface area contributed by atoms with Gasteiger partial charge >= 0.3 is 0 Å². The highest BCUT2D eigenvalue weighted by Crippen LogP contribution is 2.34. The molecule has 2 aromatic heterocycles. The molecule has 0 radical (unpaired) electrons. The molecule has 1 aliphatic heterocycles. The third kappa shape index (κ3) is 5.01. The normalized spacial score (nSPS) is 14.9. The second kappa shape index (κ2) is 10.8. The lowest BCUT2D eigenvalue weighted by Gasteiger charge is -2.22. The molecule has 10 heteroatoms. The Morgan fingerprint density at radius 2 is 1.80 bits per heavy atom. The number of H-pyrrole nitrogens is 1. The van der Waals surface area contributed by atoms with E-state index in [1.807, 2.05) is 85.8 Å². The zero-order valence-corrected chi connectivity index (χ0v) is 22.8. The van der Waals surface area contributed by atoms with Crippen LogP contribution in [0.1, 0.15) is 29.2 Å². The van der Waals surface area contributed by atoms with Crippen molar-refractivity contribution in [2.24, 2.45) is 5.10 Å². The number of carbonyl (C=O) groups excluding carboxylic acids is 1. The molecule has 0 unspecified atom stereocenters. The summed E-state index contributed by atoms with van der Waals surface area (Å²) in [5.41, 5.74) is 4.84. The molecule has 1 atom stereocenters. The van der Waals surface area contributed by atoms with Crippen molar-refractivity contribution in [2.45, 2.75) is 24.5 Å². The van der Waals surface area contributed by atoms with Gasteiger partial charge in [-0.05, 0) is 54.4 Å². The number of aryl methyl sites for hydroxylation is 1. The van der Waals surface area contributed by atoms with Gasteiger partial charge in [-0.2, -0.15) is 10.2 Å². The van der Waals surface area contributed by atoms with E-state index in [4.69, 9.17) is 9.84 Å². The van der Waals surface area contributed by atoms with Crippen molar-refractivity contribution in [1.29, 1.82) is 0 Å². The van der Waals surface area contributed by atoms with Gasteiger partial charge in [0.25, 0.3) is 11.5 Å². The minimum atomic E-state index is -0.305. The fourth-order valence-electron chi connectivity index (χ4n) is 4.67. The first kappa shape index (κ1) is 25.6. The van der Waals surface area contributed by atoms with Crippen LogP contribution in [0.5, 0.6) is 5.75 Å². The number of benzene rings is 3. The maximum absolute atomic E-state index is 13.6. The summed E-state index contributed by atoms with van der Waals surface area (Å²) in [4.78, 5) is 33.7. The van der Waals surface area contributed by atoms with Crippen LogP contribution >= 0.6 is 11.8 Å². The number of amides is 1. The molecule has 1 N–H and O–H groups in total. The monoisotopic (exact) mass is 550 g/mol. The number of hydrazone groups is 1. The Bertz CT molecular complexity index is 1760. The van der Waals surface area contributed by atoms with Crippen LogP contribution in [-0.2, 0) is 4.79 Å². The molecule has 0 aliphatic carbocycles. The van der Waals surface area contributed by atoms with Gasteiger partial charge in [0.1, 0.15) is 11.1 Å². The molecule has 0 spiro atoms. The molecular weight excluding hydrogens is 524 g/mol. The lowest BCUT2D eigenvalue weighted by molar-refractivity contribution is -0.130. The Morgan fingerprint density at radius 3 is 2.52 bits per heavy atom. The Balaban J connectivity index is 1.27. The number of carbonyl (C=O) groups is 1. The van der Waals surface area contributed by atoms with Crippen molar-refractivity contribution >= 4 is 34.4 Å². The highest BCUT2D eigenvalue weighted by atomic mass is 32.2. The Kier molecular flexibility index (Phi) is 6.91. The molecule has 3 aromatic carbocycles. The Hall–Kier alpha value is -4.70. The van der Waals surface area contributed by atoms with E-state index in [0.717, 1.165) is 33.8 Å². The molecule has 200 valence electrons. The number of aromatic nitrogens is 4. The number of nitrogens with zero attached hydrogens (tertiary/aromatic N) is 5. The fraction of sp³-hybridized carbons (Fsp3) is 0.167. The van der Waals surface area contributed by atoms with Crippen LogP contribution in [0.15, 0.2) is 100 Å². The maximum atomic E-state index is 13.6. The smallest absolute Gasteiger partial charge is 0.262 e. The summed E-state index contributed by atoms with van der Waals surface area (Å²) >= 11 is 1.17. The summed E-state index contributed by atoms with van der Waals surface area (Å²) in [6.45, 7) is 2.03. The molecule has 0 bridgehead atoms. The van der Waals surface area contributed by atoms with E-state index in [0.29, 0.717) is 22.6 Å². The molecule has 3 heterocycles. The van der Waals surface area contributed by atoms with Gasteiger partial charge in [-0.15, -0.1) is 0 Å². The predicted molar refractivity (Wildman–Crippen MR) is 155 cm³/mol. The van der Waals surface area contributed by atoms with E-state index in [9.17, 15) is 9.59 Å². The number of nitrogens with one attached hydrogen (secondary N) is 1. The van der Waals surface area contributed by atoms with Crippen molar-refractivity contribution in [3.8, 4) is 11.4 Å². The van der Waals surface area contributed by atoms with Crippen LogP contribution in [0.3, 0.4) is 0 Å². The summed E-state index contributed by atoms with van der Waals surface area (Å²) < 4.78 is 6.91. The quantitative estimate of drug-likeness (QED) is 0.228. The van der Waals surface area contributed by atoms with E-state index in [1.165, 1.54) is 18.0 Å². The fourth-order valence-corrected chi connectivity index (χ4v) is 5.38. The number of hydrogen-bond donors (Lipinski definition) is 1. The van der Waals surface area contributed by atoms with Gasteiger partial charge in [0.05, 0.1) is 36.5 Å². The molecule has 0 fully saturated rings. The van der Waals surface area contributed by atoms with Gasteiger partial charge in [-0.1, -0.05) is 59.8 Å². The van der Waals surface area contributed by atoms with Gasteiger partial charge in [0.2, 0.25) is 0 Å². The van der Waals surface area contributed by atoms with E-state index in [-0.39, 0.29) is 23.3 Å². The Morgan fingerprint density at radius 1 is 1.05 bits per heavy atom. The second-order valence-corrected chi connectivity index (χ2v) is 10.4. The first-order valence-corrected chi connectivity index (χ1v) is 13.8. The van der Waals surface area contributed by atoms with E-state index in [2.05, 4.69) is 15.1 Å². The minimum Gasteiger partial charge on any atom is -0.497 e. The van der Waals surface area contributed by atoms with Crippen LogP contribution in [0.25, 0.3) is 16.7 Å². The number of aromatic amines is 1. The highest BCUT2D eigenvalue weighted by Gasteiger charge is 2.33. The average molecular weight is 551 g/mol. The molecule has 0 saturated carbocycles. The van der Waals surface area contributed by atoms with Gasteiger partial charge < -0.3 is 9.72 Å². The maximum Gasteiger partial charge on any atom is 0.262 e. The molecule has 1 amide bonds. The third-order valence-corrected chi connectivity index (χ3v) is 7.66. The van der Waals surface area contributed by atoms with Gasteiger partial charge in [0.15, 0.2) is 10.8 Å². The van der Waals surface area contributed by atoms with Crippen LogP contribution in [-0.4, -0.2) is 49.2 Å². The lowest BCUT2D eigenvalue weighted by Crippen LogP contribution is -2.28. The summed E-state index contributed by atoms with van der Waals surface area (Å²) in [6, 6.07) is 25.1. The lowest BCUT2D eigenvalue weighted by atomic mass is 9.97. The van der Waals surface area contributed by atoms with Crippen molar-refractivity contribution in [1.82, 2.24) is 24.8 Å². The minimum absolute atomic E-state index is 0.0513. The number of methoxy groups -OCH3 is 1. The van der Waals surface area contributed by atoms with Gasteiger partial charge in [-0.3, -0.25) is 9.59 Å². The number of hydrogen-bond acceptors (Lipinski definition) is 7. The van der Waals surface area contributed by atoms with Crippen LogP contribution in [0.2, 0.25) is 0 Å². The van der Waals surface area contributed by atoms with Crippen LogP contribution < -0.4 is 10.3 Å². The number of fused-ring (bicyclic) bond motifs is 1. The van der Waals surface area contributed by atoms with Gasteiger partial charge in [0, 0.05) is 6.42 Å². The molecule has 9 nitrogen and oxygen atoms in total. The SMILES string of the molecule is COc1ccc(C2=NN(C(=O)CSc3nc4c(cnn4-c4ccccc4)c(=O)[nH]3)[C@@H](c3ccc(C)cc3)C2)cc1. The number of rotatable bonds is 7. The van der Waals surface area contributed by atoms with Crippen LogP contribution in [0, 0.1) is 6.92 Å². The summed E-state index contributed by atoms with van der Waals surface area (Å²) in [7, 11) is 1.63. The van der Waals surface area contributed by atoms with Crippen molar-refractivity contribution < 1.29 is 9.53 Å². The highest BCUT2D eigenvalue weighted by molar-refractivity contribution is 7.99. The first-order valence-electron chi connectivity index (χ1n) is 12.8. The largest absolute Gasteiger partial charge is 0.497 e. The van der Waals surface area contributed by atoms with Crippen LogP contribution in [0.4, 0.5) is 0 Å². The second-order valence-electron chi connectivity index (χ2n) is 9.43. The third-order valence-electron chi connectivity index (χ3n) is 6.80. The molecular formula is C30H26N6O3S. The molecule has 0 saturated heterocycles. The van der Waals surface area contributed by atoms with Gasteiger partial charge in [-0.25, -0.2) is 14.7 Å². The standard InChI is InChI=1S/C30H26N6O3S/c1-19-8-10-21(11-9-19)26-16-25(20-12-14-23(39-2)15-13-20)34-36(26)27(37)18-40-30-32-28-24(29(38)33-30)17-31-35(28)22-6-4-3-5-7-22/h3-15,17,26H,16,18H2,1-2H3,(H,32,33,38)/t26-/m1/s1. The summed E-state index contributed by atoms with van der Waals surface area (Å²) in [6.07, 6.45) is 2.09. The number of para-hydroxylation sites is 1. The average Bonchev–Trinajstić information content (AvgIpc) is 3.63. The number of thioether (sulfide) groups is 1.